The first kappa shape index (κ1) is 14.5. The number of nitrogens with zero attached hydrogens (tertiary/aromatic N) is 2. The largest absolute Gasteiger partial charge is 0.385 e. The van der Waals surface area contributed by atoms with E-state index >= 15 is 0 Å². The summed E-state index contributed by atoms with van der Waals surface area (Å²) in [5, 5.41) is 7.33. The van der Waals surface area contributed by atoms with Crippen LogP contribution in [0.1, 0.15) is 50.7 Å². The molecule has 19 heavy (non-hydrogen) atoms. The van der Waals surface area contributed by atoms with E-state index in [9.17, 15) is 0 Å². The van der Waals surface area contributed by atoms with Gasteiger partial charge < -0.3 is 14.6 Å². The third-order valence-electron chi connectivity index (χ3n) is 4.25. The van der Waals surface area contributed by atoms with Crippen LogP contribution in [0.5, 0.6) is 0 Å². The van der Waals surface area contributed by atoms with E-state index in [1.165, 1.54) is 12.8 Å². The zero-order valence-electron chi connectivity index (χ0n) is 12.2. The van der Waals surface area contributed by atoms with Crippen molar-refractivity contribution >= 4 is 0 Å². The number of aromatic nitrogens is 2. The van der Waals surface area contributed by atoms with Crippen molar-refractivity contribution in [1.82, 2.24) is 15.5 Å². The maximum atomic E-state index is 5.55. The lowest BCUT2D eigenvalue weighted by Gasteiger charge is -2.23. The summed E-state index contributed by atoms with van der Waals surface area (Å²) in [7, 11) is 3.69. The van der Waals surface area contributed by atoms with Gasteiger partial charge in [0.25, 0.3) is 0 Å². The van der Waals surface area contributed by atoms with Gasteiger partial charge in [-0.15, -0.1) is 0 Å². The molecule has 5 nitrogen and oxygen atoms in total. The van der Waals surface area contributed by atoms with Crippen molar-refractivity contribution in [3.05, 3.63) is 11.7 Å². The summed E-state index contributed by atoms with van der Waals surface area (Å²) >= 11 is 0. The number of hydrogen-bond donors (Lipinski definition) is 1. The Hall–Kier alpha value is -0.940. The zero-order chi connectivity index (χ0) is 13.7. The normalized spacial score (nSPS) is 19.7. The molecule has 5 heteroatoms. The molecule has 1 aromatic heterocycles. The van der Waals surface area contributed by atoms with E-state index in [0.717, 1.165) is 44.0 Å². The second-order valence-corrected chi connectivity index (χ2v) is 5.64. The molecule has 1 aliphatic carbocycles. The van der Waals surface area contributed by atoms with Crippen LogP contribution in [0.25, 0.3) is 0 Å². The first-order chi connectivity index (χ1) is 9.20. The van der Waals surface area contributed by atoms with Crippen molar-refractivity contribution in [2.45, 2.75) is 56.9 Å². The van der Waals surface area contributed by atoms with Crippen molar-refractivity contribution in [2.24, 2.45) is 0 Å². The average molecular weight is 267 g/mol. The van der Waals surface area contributed by atoms with Crippen LogP contribution in [-0.2, 0) is 16.6 Å². The summed E-state index contributed by atoms with van der Waals surface area (Å²) in [6.45, 7) is 2.87. The Morgan fingerprint density at radius 3 is 2.79 bits per heavy atom. The summed E-state index contributed by atoms with van der Waals surface area (Å²) in [5.74, 6) is 1.63. The van der Waals surface area contributed by atoms with Crippen molar-refractivity contribution in [2.75, 3.05) is 20.8 Å². The highest BCUT2D eigenvalue weighted by Gasteiger charge is 2.40. The van der Waals surface area contributed by atoms with Gasteiger partial charge >= 0.3 is 0 Å². The van der Waals surface area contributed by atoms with Crippen LogP contribution in [0.3, 0.4) is 0 Å². The molecule has 1 unspecified atom stereocenters. The number of ether oxygens (including phenoxy) is 1. The van der Waals surface area contributed by atoms with E-state index in [2.05, 4.69) is 22.4 Å². The smallest absolute Gasteiger partial charge is 0.232 e. The van der Waals surface area contributed by atoms with E-state index < -0.39 is 0 Å². The molecule has 1 aromatic rings. The summed E-state index contributed by atoms with van der Waals surface area (Å²) < 4.78 is 10.8. The van der Waals surface area contributed by atoms with E-state index in [1.54, 1.807) is 7.11 Å². The van der Waals surface area contributed by atoms with Crippen LogP contribution >= 0.6 is 0 Å². The summed E-state index contributed by atoms with van der Waals surface area (Å²) in [5.41, 5.74) is 0.0597. The van der Waals surface area contributed by atoms with E-state index in [1.807, 2.05) is 7.05 Å². The lowest BCUT2D eigenvalue weighted by Crippen LogP contribution is -2.26. The molecule has 0 radical (unpaired) electrons. The Labute approximate surface area is 115 Å². The topological polar surface area (TPSA) is 60.2 Å². The Bertz CT molecular complexity index is 386. The number of hydrogen-bond acceptors (Lipinski definition) is 5. The predicted octanol–water partition coefficient (Wildman–Crippen LogP) is 2.07. The Kier molecular flexibility index (Phi) is 4.93. The number of methoxy groups -OCH3 is 1. The van der Waals surface area contributed by atoms with Crippen LogP contribution in [0, 0.1) is 0 Å². The Morgan fingerprint density at radius 1 is 1.42 bits per heavy atom. The predicted molar refractivity (Wildman–Crippen MR) is 73.2 cm³/mol. The quantitative estimate of drug-likeness (QED) is 0.819. The fourth-order valence-corrected chi connectivity index (χ4v) is 2.85. The first-order valence-corrected chi connectivity index (χ1v) is 7.19. The standard InChI is InChI=1S/C14H25N3O2/c1-11(15-2)10-12-16-13(19-17-12)14(8-9-18-3)6-4-5-7-14/h11,15H,4-10H2,1-3H3. The second kappa shape index (κ2) is 6.48. The fourth-order valence-electron chi connectivity index (χ4n) is 2.85. The molecule has 2 rings (SSSR count). The molecule has 0 aromatic carbocycles. The minimum atomic E-state index is 0.0597. The van der Waals surface area contributed by atoms with Gasteiger partial charge in [0.05, 0.1) is 5.41 Å². The molecule has 0 bridgehead atoms. The van der Waals surface area contributed by atoms with E-state index in [0.29, 0.717) is 6.04 Å². The van der Waals surface area contributed by atoms with Crippen LogP contribution in [-0.4, -0.2) is 36.9 Å². The van der Waals surface area contributed by atoms with Gasteiger partial charge in [0.15, 0.2) is 5.82 Å². The van der Waals surface area contributed by atoms with Gasteiger partial charge in [0.2, 0.25) is 5.89 Å². The van der Waals surface area contributed by atoms with E-state index in [-0.39, 0.29) is 5.41 Å². The third kappa shape index (κ3) is 3.34. The molecule has 1 aliphatic rings. The third-order valence-corrected chi connectivity index (χ3v) is 4.25. The van der Waals surface area contributed by atoms with Crippen LogP contribution in [0.15, 0.2) is 4.52 Å². The minimum Gasteiger partial charge on any atom is -0.385 e. The molecular formula is C14H25N3O2. The molecule has 1 saturated carbocycles. The molecule has 0 spiro atoms. The molecular weight excluding hydrogens is 242 g/mol. The molecule has 1 heterocycles. The van der Waals surface area contributed by atoms with Crippen molar-refractivity contribution in [3.63, 3.8) is 0 Å². The number of likely N-dealkylation sites (N-methyl/N-ethyl adjacent to an activating group) is 1. The molecule has 0 amide bonds. The van der Waals surface area contributed by atoms with Crippen LogP contribution in [0.2, 0.25) is 0 Å². The van der Waals surface area contributed by atoms with Gasteiger partial charge in [-0.3, -0.25) is 0 Å². The Morgan fingerprint density at radius 2 is 2.16 bits per heavy atom. The van der Waals surface area contributed by atoms with E-state index in [4.69, 9.17) is 9.26 Å². The summed E-state index contributed by atoms with van der Waals surface area (Å²) in [6.07, 6.45) is 6.55. The monoisotopic (exact) mass is 267 g/mol. The maximum absolute atomic E-state index is 5.55. The van der Waals surface area contributed by atoms with Gasteiger partial charge in [-0.1, -0.05) is 18.0 Å². The zero-order valence-corrected chi connectivity index (χ0v) is 12.2. The van der Waals surface area contributed by atoms with Crippen LogP contribution in [0.4, 0.5) is 0 Å². The average Bonchev–Trinajstić information content (AvgIpc) is 3.06. The SMILES string of the molecule is CNC(C)Cc1noc(C2(CCOC)CCCC2)n1. The van der Waals surface area contributed by atoms with Gasteiger partial charge in [-0.2, -0.15) is 4.98 Å². The Balaban J connectivity index is 2.09. The van der Waals surface area contributed by atoms with Gasteiger partial charge in [-0.25, -0.2) is 0 Å². The van der Waals surface area contributed by atoms with Crippen molar-refractivity contribution in [3.8, 4) is 0 Å². The highest BCUT2D eigenvalue weighted by Crippen LogP contribution is 2.43. The molecule has 0 aliphatic heterocycles. The summed E-state index contributed by atoms with van der Waals surface area (Å²) in [4.78, 5) is 4.63. The number of rotatable bonds is 7. The van der Waals surface area contributed by atoms with Crippen molar-refractivity contribution < 1.29 is 9.26 Å². The van der Waals surface area contributed by atoms with Crippen molar-refractivity contribution in [1.29, 1.82) is 0 Å². The minimum absolute atomic E-state index is 0.0597. The lowest BCUT2D eigenvalue weighted by atomic mass is 9.83. The van der Waals surface area contributed by atoms with Gasteiger partial charge in [0, 0.05) is 26.2 Å². The van der Waals surface area contributed by atoms with Gasteiger partial charge in [0.1, 0.15) is 0 Å². The van der Waals surface area contributed by atoms with Gasteiger partial charge in [-0.05, 0) is 33.2 Å². The maximum Gasteiger partial charge on any atom is 0.232 e. The molecule has 1 atom stereocenters. The molecule has 0 saturated heterocycles. The highest BCUT2D eigenvalue weighted by atomic mass is 16.5. The van der Waals surface area contributed by atoms with Crippen LogP contribution < -0.4 is 5.32 Å². The lowest BCUT2D eigenvalue weighted by molar-refractivity contribution is 0.152. The fraction of sp³-hybridized carbons (Fsp3) is 0.857. The summed E-state index contributed by atoms with van der Waals surface area (Å²) in [6, 6.07) is 0.365. The molecule has 1 fully saturated rings. The highest BCUT2D eigenvalue weighted by molar-refractivity contribution is 5.08. The second-order valence-electron chi connectivity index (χ2n) is 5.64. The molecule has 1 N–H and O–H groups in total. The number of nitrogens with one attached hydrogen (secondary N) is 1. The molecule has 108 valence electrons. The first-order valence-electron chi connectivity index (χ1n) is 7.19.